The van der Waals surface area contributed by atoms with Crippen LogP contribution in [0.1, 0.15) is 97.8 Å². The summed E-state index contributed by atoms with van der Waals surface area (Å²) in [6, 6.07) is 0. The largest absolute Gasteiger partial charge is 0.444 e. The molecule has 4 heteroatoms. The molecule has 0 radical (unpaired) electrons. The number of carbonyl (C=O) groups is 1. The fraction of sp³-hybridized carbons (Fsp3) is 0.958. The van der Waals surface area contributed by atoms with Crippen molar-refractivity contribution in [3.8, 4) is 0 Å². The maximum Gasteiger partial charge on any atom is 0.410 e. The zero-order valence-electron chi connectivity index (χ0n) is 18.7. The summed E-state index contributed by atoms with van der Waals surface area (Å²) in [5.41, 5.74) is -0.0237. The van der Waals surface area contributed by atoms with Gasteiger partial charge in [0.15, 0.2) is 0 Å². The van der Waals surface area contributed by atoms with Gasteiger partial charge in [-0.2, -0.15) is 0 Å². The lowest BCUT2D eigenvalue weighted by Crippen LogP contribution is -2.52. The number of piperidine rings is 1. The molecule has 3 fully saturated rings. The molecular weight excluding hydrogens is 348 g/mol. The smallest absolute Gasteiger partial charge is 0.410 e. The van der Waals surface area contributed by atoms with E-state index >= 15 is 0 Å². The zero-order chi connectivity index (χ0) is 20.0. The van der Waals surface area contributed by atoms with Gasteiger partial charge in [-0.1, -0.05) is 38.5 Å². The molecule has 2 aliphatic carbocycles. The molecule has 3 rings (SSSR count). The molecule has 0 aromatic rings. The molecule has 1 saturated heterocycles. The van der Waals surface area contributed by atoms with E-state index in [4.69, 9.17) is 4.74 Å². The molecule has 0 atom stereocenters. The molecule has 1 heterocycles. The molecule has 28 heavy (non-hydrogen) atoms. The molecule has 1 N–H and O–H groups in total. The molecule has 162 valence electrons. The van der Waals surface area contributed by atoms with Crippen LogP contribution < -0.4 is 5.32 Å². The van der Waals surface area contributed by atoms with Gasteiger partial charge in [0, 0.05) is 19.6 Å². The van der Waals surface area contributed by atoms with Crippen molar-refractivity contribution in [1.29, 1.82) is 0 Å². The molecule has 0 spiro atoms. The average molecular weight is 393 g/mol. The maximum atomic E-state index is 12.5. The Kier molecular flexibility index (Phi) is 7.69. The second-order valence-corrected chi connectivity index (χ2v) is 10.8. The number of carbonyl (C=O) groups excluding carboxylic acids is 1. The van der Waals surface area contributed by atoms with Gasteiger partial charge in [-0.3, -0.25) is 0 Å². The first-order valence-corrected chi connectivity index (χ1v) is 12.1. The Labute approximate surface area is 173 Å². The highest BCUT2D eigenvalue weighted by molar-refractivity contribution is 5.68. The van der Waals surface area contributed by atoms with Crippen molar-refractivity contribution in [2.75, 3.05) is 26.2 Å². The summed E-state index contributed by atoms with van der Waals surface area (Å²) in [7, 11) is 0. The van der Waals surface area contributed by atoms with E-state index < -0.39 is 5.60 Å². The predicted octanol–water partition coefficient (Wildman–Crippen LogP) is 5.75. The third-order valence-electron chi connectivity index (χ3n) is 7.52. The van der Waals surface area contributed by atoms with Gasteiger partial charge < -0.3 is 15.0 Å². The zero-order valence-corrected chi connectivity index (χ0v) is 18.7. The number of ether oxygens (including phenoxy) is 1. The van der Waals surface area contributed by atoms with Crippen molar-refractivity contribution in [1.82, 2.24) is 10.2 Å². The van der Waals surface area contributed by atoms with Crippen molar-refractivity contribution < 1.29 is 9.53 Å². The Morgan fingerprint density at radius 3 is 2.11 bits per heavy atom. The average Bonchev–Trinajstić information content (AvgIpc) is 2.69. The SMILES string of the molecule is CC(C)(C)OC(=O)N1CCC(CNCC2CCCCC2)(C2CCCCC2)CC1. The molecule has 0 aromatic heterocycles. The Balaban J connectivity index is 1.56. The lowest BCUT2D eigenvalue weighted by molar-refractivity contribution is -0.00607. The quantitative estimate of drug-likeness (QED) is 0.647. The van der Waals surface area contributed by atoms with Gasteiger partial charge in [0.05, 0.1) is 0 Å². The van der Waals surface area contributed by atoms with Gasteiger partial charge in [-0.05, 0) is 83.1 Å². The van der Waals surface area contributed by atoms with Crippen LogP contribution in [0.4, 0.5) is 4.79 Å². The van der Waals surface area contributed by atoms with Crippen molar-refractivity contribution in [3.05, 3.63) is 0 Å². The highest BCUT2D eigenvalue weighted by Crippen LogP contribution is 2.45. The van der Waals surface area contributed by atoms with Crippen LogP contribution in [0.3, 0.4) is 0 Å². The minimum atomic E-state index is -0.406. The Morgan fingerprint density at radius 2 is 1.54 bits per heavy atom. The fourth-order valence-corrected chi connectivity index (χ4v) is 5.82. The second kappa shape index (κ2) is 9.82. The molecule has 2 saturated carbocycles. The van der Waals surface area contributed by atoms with E-state index in [2.05, 4.69) is 5.32 Å². The number of nitrogens with one attached hydrogen (secondary N) is 1. The summed E-state index contributed by atoms with van der Waals surface area (Å²) in [5.74, 6) is 1.72. The van der Waals surface area contributed by atoms with Gasteiger partial charge in [-0.15, -0.1) is 0 Å². The summed E-state index contributed by atoms with van der Waals surface area (Å²) < 4.78 is 5.62. The van der Waals surface area contributed by atoms with Crippen LogP contribution in [-0.2, 0) is 4.74 Å². The summed E-state index contributed by atoms with van der Waals surface area (Å²) >= 11 is 0. The van der Waals surface area contributed by atoms with E-state index in [-0.39, 0.29) is 6.09 Å². The Morgan fingerprint density at radius 1 is 0.964 bits per heavy atom. The Bertz CT molecular complexity index is 479. The summed E-state index contributed by atoms with van der Waals surface area (Å²) in [5, 5.41) is 3.91. The van der Waals surface area contributed by atoms with Crippen molar-refractivity contribution in [2.24, 2.45) is 17.3 Å². The van der Waals surface area contributed by atoms with E-state index in [1.807, 2.05) is 25.7 Å². The first-order chi connectivity index (χ1) is 13.4. The first kappa shape index (κ1) is 21.9. The number of hydrogen-bond donors (Lipinski definition) is 1. The van der Waals surface area contributed by atoms with Crippen LogP contribution in [0.2, 0.25) is 0 Å². The molecular formula is C24H44N2O2. The molecule has 0 bridgehead atoms. The van der Waals surface area contributed by atoms with E-state index in [1.54, 1.807) is 0 Å². The molecule has 1 aliphatic heterocycles. The number of likely N-dealkylation sites (tertiary alicyclic amines) is 1. The van der Waals surface area contributed by atoms with Crippen LogP contribution in [0.15, 0.2) is 0 Å². The second-order valence-electron chi connectivity index (χ2n) is 10.8. The summed E-state index contributed by atoms with van der Waals surface area (Å²) in [6.45, 7) is 9.93. The molecule has 0 aromatic carbocycles. The minimum Gasteiger partial charge on any atom is -0.444 e. The van der Waals surface area contributed by atoms with Crippen LogP contribution in [0, 0.1) is 17.3 Å². The fourth-order valence-electron chi connectivity index (χ4n) is 5.82. The van der Waals surface area contributed by atoms with Crippen molar-refractivity contribution in [3.63, 3.8) is 0 Å². The molecule has 4 nitrogen and oxygen atoms in total. The van der Waals surface area contributed by atoms with Crippen molar-refractivity contribution in [2.45, 2.75) is 103 Å². The standard InChI is InChI=1S/C24H44N2O2/c1-23(2,3)28-22(27)26-16-14-24(15-17-26,21-12-8-5-9-13-21)19-25-18-20-10-6-4-7-11-20/h20-21,25H,4-19H2,1-3H3. The Hall–Kier alpha value is -0.770. The lowest BCUT2D eigenvalue weighted by Gasteiger charge is -2.48. The van der Waals surface area contributed by atoms with Gasteiger partial charge in [-0.25, -0.2) is 4.79 Å². The first-order valence-electron chi connectivity index (χ1n) is 12.1. The summed E-state index contributed by atoms with van der Waals surface area (Å²) in [6.07, 6.45) is 16.2. The van der Waals surface area contributed by atoms with Crippen LogP contribution in [-0.4, -0.2) is 42.8 Å². The number of rotatable bonds is 5. The predicted molar refractivity (Wildman–Crippen MR) is 115 cm³/mol. The lowest BCUT2D eigenvalue weighted by atomic mass is 9.63. The number of hydrogen-bond acceptors (Lipinski definition) is 3. The van der Waals surface area contributed by atoms with Gasteiger partial charge in [0.1, 0.15) is 5.60 Å². The van der Waals surface area contributed by atoms with Gasteiger partial charge in [0.25, 0.3) is 0 Å². The monoisotopic (exact) mass is 392 g/mol. The van der Waals surface area contributed by atoms with Crippen LogP contribution in [0.25, 0.3) is 0 Å². The topological polar surface area (TPSA) is 41.6 Å². The number of amides is 1. The minimum absolute atomic E-state index is 0.125. The maximum absolute atomic E-state index is 12.5. The normalized spacial score (nSPS) is 24.9. The van der Waals surface area contributed by atoms with Crippen LogP contribution in [0.5, 0.6) is 0 Å². The third kappa shape index (κ3) is 6.11. The van der Waals surface area contributed by atoms with Gasteiger partial charge in [0.2, 0.25) is 0 Å². The number of nitrogens with zero attached hydrogens (tertiary/aromatic N) is 1. The van der Waals surface area contributed by atoms with E-state index in [0.717, 1.165) is 44.3 Å². The van der Waals surface area contributed by atoms with Crippen LogP contribution >= 0.6 is 0 Å². The van der Waals surface area contributed by atoms with Crippen molar-refractivity contribution >= 4 is 6.09 Å². The van der Waals surface area contributed by atoms with E-state index in [0.29, 0.717) is 5.41 Å². The highest BCUT2D eigenvalue weighted by atomic mass is 16.6. The molecule has 1 amide bonds. The van der Waals surface area contributed by atoms with E-state index in [1.165, 1.54) is 70.8 Å². The highest BCUT2D eigenvalue weighted by Gasteiger charge is 2.42. The van der Waals surface area contributed by atoms with Gasteiger partial charge >= 0.3 is 6.09 Å². The third-order valence-corrected chi connectivity index (χ3v) is 7.52. The molecule has 0 unspecified atom stereocenters. The van der Waals surface area contributed by atoms with E-state index in [9.17, 15) is 4.79 Å². The molecule has 3 aliphatic rings. The summed E-state index contributed by atoms with van der Waals surface area (Å²) in [4.78, 5) is 14.5.